The van der Waals surface area contributed by atoms with Crippen LogP contribution >= 0.6 is 0 Å². The summed E-state index contributed by atoms with van der Waals surface area (Å²) in [6.45, 7) is 1.61. The molecule has 3 rings (SSSR count). The number of carbonyl (C=O) groups is 1. The second-order valence-corrected chi connectivity index (χ2v) is 5.50. The average Bonchev–Trinajstić information content (AvgIpc) is 3.06. The summed E-state index contributed by atoms with van der Waals surface area (Å²) in [6, 6.07) is 9.68. The fourth-order valence-electron chi connectivity index (χ4n) is 2.60. The number of hydrogen-bond acceptors (Lipinski definition) is 4. The Hall–Kier alpha value is -2.60. The van der Waals surface area contributed by atoms with Crippen molar-refractivity contribution >= 4 is 5.91 Å². The molecule has 0 aromatic heterocycles. The minimum atomic E-state index is -0.491. The van der Waals surface area contributed by atoms with Crippen LogP contribution in [0.4, 0.5) is 4.39 Å². The van der Waals surface area contributed by atoms with E-state index in [0.717, 1.165) is 29.4 Å². The summed E-state index contributed by atoms with van der Waals surface area (Å²) in [5.41, 5.74) is 7.67. The normalized spacial score (nSPS) is 12.4. The Morgan fingerprint density at radius 3 is 3.00 bits per heavy atom. The van der Waals surface area contributed by atoms with Crippen LogP contribution in [-0.4, -0.2) is 25.7 Å². The molecule has 3 N–H and O–H groups in total. The fourth-order valence-corrected chi connectivity index (χ4v) is 2.60. The maximum Gasteiger partial charge on any atom is 0.255 e. The largest absolute Gasteiger partial charge is 0.493 e. The van der Waals surface area contributed by atoms with Gasteiger partial charge in [-0.05, 0) is 35.4 Å². The van der Waals surface area contributed by atoms with E-state index in [1.807, 2.05) is 18.2 Å². The Bertz CT molecular complexity index is 749. The molecule has 0 aliphatic carbocycles. The van der Waals surface area contributed by atoms with E-state index in [1.165, 1.54) is 12.1 Å². The topological polar surface area (TPSA) is 73.6 Å². The van der Waals surface area contributed by atoms with Crippen LogP contribution < -0.4 is 20.5 Å². The summed E-state index contributed by atoms with van der Waals surface area (Å²) in [5, 5.41) is 2.79. The number of amides is 1. The lowest BCUT2D eigenvalue weighted by molar-refractivity contribution is 0.0946. The van der Waals surface area contributed by atoms with Gasteiger partial charge in [0.2, 0.25) is 0 Å². The van der Waals surface area contributed by atoms with Gasteiger partial charge >= 0.3 is 0 Å². The maximum atomic E-state index is 13.5. The summed E-state index contributed by atoms with van der Waals surface area (Å²) >= 11 is 0. The molecule has 0 saturated carbocycles. The molecule has 1 heterocycles. The molecule has 5 nitrogen and oxygen atoms in total. The van der Waals surface area contributed by atoms with Crippen molar-refractivity contribution in [2.24, 2.45) is 5.73 Å². The van der Waals surface area contributed by atoms with Crippen molar-refractivity contribution in [1.82, 2.24) is 5.32 Å². The van der Waals surface area contributed by atoms with E-state index in [2.05, 4.69) is 5.32 Å². The molecule has 126 valence electrons. The third-order valence-electron chi connectivity index (χ3n) is 3.77. The van der Waals surface area contributed by atoms with E-state index in [-0.39, 0.29) is 12.2 Å². The van der Waals surface area contributed by atoms with Crippen LogP contribution in [0.3, 0.4) is 0 Å². The summed E-state index contributed by atoms with van der Waals surface area (Å²) in [6.07, 6.45) is 0.873. The highest BCUT2D eigenvalue weighted by molar-refractivity contribution is 5.96. The molecular formula is C18H19FN2O3. The van der Waals surface area contributed by atoms with Crippen LogP contribution in [0.25, 0.3) is 0 Å². The van der Waals surface area contributed by atoms with Crippen LogP contribution in [-0.2, 0) is 13.0 Å². The number of fused-ring (bicyclic) bond motifs is 1. The lowest BCUT2D eigenvalue weighted by Gasteiger charge is -2.12. The maximum absolute atomic E-state index is 13.5. The van der Waals surface area contributed by atoms with E-state index in [1.54, 1.807) is 0 Å². The van der Waals surface area contributed by atoms with E-state index in [0.29, 0.717) is 25.4 Å². The fraction of sp³-hybridized carbons (Fsp3) is 0.278. The zero-order valence-electron chi connectivity index (χ0n) is 13.2. The van der Waals surface area contributed by atoms with Crippen LogP contribution in [0.1, 0.15) is 21.5 Å². The Morgan fingerprint density at radius 1 is 1.29 bits per heavy atom. The van der Waals surface area contributed by atoms with Gasteiger partial charge in [-0.1, -0.05) is 12.1 Å². The molecule has 6 heteroatoms. The standard InChI is InChI=1S/C18H19FN2O3/c19-14-2-4-17(24-8-6-20)15(10-14)18(22)21-11-12-1-3-16-13(9-12)5-7-23-16/h1-4,9-10H,5-8,11,20H2,(H,21,22). The van der Waals surface area contributed by atoms with E-state index in [4.69, 9.17) is 15.2 Å². The van der Waals surface area contributed by atoms with Crippen LogP contribution in [0, 0.1) is 5.82 Å². The average molecular weight is 330 g/mol. The molecule has 0 radical (unpaired) electrons. The second kappa shape index (κ2) is 7.31. The van der Waals surface area contributed by atoms with Gasteiger partial charge in [0.05, 0.1) is 12.2 Å². The summed E-state index contributed by atoms with van der Waals surface area (Å²) in [7, 11) is 0. The third-order valence-corrected chi connectivity index (χ3v) is 3.77. The number of halogens is 1. The summed E-state index contributed by atoms with van der Waals surface area (Å²) in [4.78, 5) is 12.4. The first-order valence-corrected chi connectivity index (χ1v) is 7.82. The van der Waals surface area contributed by atoms with E-state index in [9.17, 15) is 9.18 Å². The predicted octanol–water partition coefficient (Wildman–Crippen LogP) is 2.03. The zero-order valence-corrected chi connectivity index (χ0v) is 13.2. The van der Waals surface area contributed by atoms with E-state index < -0.39 is 11.7 Å². The SMILES string of the molecule is NCCOc1ccc(F)cc1C(=O)NCc1ccc2c(c1)CCO2. The van der Waals surface area contributed by atoms with Gasteiger partial charge in [0.15, 0.2) is 0 Å². The minimum Gasteiger partial charge on any atom is -0.493 e. The van der Waals surface area contributed by atoms with Gasteiger partial charge in [0.1, 0.15) is 23.9 Å². The monoisotopic (exact) mass is 330 g/mol. The van der Waals surface area contributed by atoms with Gasteiger partial charge in [-0.3, -0.25) is 4.79 Å². The molecule has 1 aliphatic rings. The number of hydrogen-bond donors (Lipinski definition) is 2. The van der Waals surface area contributed by atoms with Crippen molar-refractivity contribution in [3.63, 3.8) is 0 Å². The molecule has 2 aromatic carbocycles. The smallest absolute Gasteiger partial charge is 0.255 e. The van der Waals surface area contributed by atoms with Crippen molar-refractivity contribution < 1.29 is 18.7 Å². The molecule has 0 saturated heterocycles. The lowest BCUT2D eigenvalue weighted by atomic mass is 10.1. The molecule has 2 aromatic rings. The van der Waals surface area contributed by atoms with Gasteiger partial charge in [-0.15, -0.1) is 0 Å². The number of nitrogens with one attached hydrogen (secondary N) is 1. The molecule has 0 spiro atoms. The van der Waals surface area contributed by atoms with Gasteiger partial charge in [0, 0.05) is 19.5 Å². The highest BCUT2D eigenvalue weighted by Gasteiger charge is 2.15. The van der Waals surface area contributed by atoms with Crippen LogP contribution in [0.15, 0.2) is 36.4 Å². The molecule has 24 heavy (non-hydrogen) atoms. The van der Waals surface area contributed by atoms with Crippen molar-refractivity contribution in [2.45, 2.75) is 13.0 Å². The Labute approximate surface area is 139 Å². The Kier molecular flexibility index (Phi) is 4.96. The lowest BCUT2D eigenvalue weighted by Crippen LogP contribution is -2.24. The molecule has 0 bridgehead atoms. The number of benzene rings is 2. The highest BCUT2D eigenvalue weighted by Crippen LogP contribution is 2.26. The first-order chi connectivity index (χ1) is 11.7. The van der Waals surface area contributed by atoms with Gasteiger partial charge in [-0.2, -0.15) is 0 Å². The molecule has 0 fully saturated rings. The highest BCUT2D eigenvalue weighted by atomic mass is 19.1. The minimum absolute atomic E-state index is 0.160. The van der Waals surface area contributed by atoms with Crippen molar-refractivity contribution in [3.8, 4) is 11.5 Å². The second-order valence-electron chi connectivity index (χ2n) is 5.50. The molecule has 0 unspecified atom stereocenters. The van der Waals surface area contributed by atoms with Crippen LogP contribution in [0.2, 0.25) is 0 Å². The van der Waals surface area contributed by atoms with E-state index >= 15 is 0 Å². The molecule has 1 aliphatic heterocycles. The number of rotatable bonds is 6. The molecule has 0 atom stereocenters. The van der Waals surface area contributed by atoms with Crippen molar-refractivity contribution in [2.75, 3.05) is 19.8 Å². The van der Waals surface area contributed by atoms with Crippen molar-refractivity contribution in [1.29, 1.82) is 0 Å². The molecule has 1 amide bonds. The first kappa shape index (κ1) is 16.3. The predicted molar refractivity (Wildman–Crippen MR) is 87.8 cm³/mol. The number of ether oxygens (including phenoxy) is 2. The van der Waals surface area contributed by atoms with Gasteiger partial charge < -0.3 is 20.5 Å². The number of carbonyl (C=O) groups excluding carboxylic acids is 1. The Balaban J connectivity index is 1.69. The summed E-state index contributed by atoms with van der Waals surface area (Å²) in [5.74, 6) is 0.336. The first-order valence-electron chi connectivity index (χ1n) is 7.82. The van der Waals surface area contributed by atoms with Crippen LogP contribution in [0.5, 0.6) is 11.5 Å². The van der Waals surface area contributed by atoms with Crippen molar-refractivity contribution in [3.05, 3.63) is 58.9 Å². The van der Waals surface area contributed by atoms with Gasteiger partial charge in [0.25, 0.3) is 5.91 Å². The van der Waals surface area contributed by atoms with Gasteiger partial charge in [-0.25, -0.2) is 4.39 Å². The molecular weight excluding hydrogens is 311 g/mol. The number of nitrogens with two attached hydrogens (primary N) is 1. The Morgan fingerprint density at radius 2 is 2.17 bits per heavy atom. The summed E-state index contributed by atoms with van der Waals surface area (Å²) < 4.78 is 24.3. The zero-order chi connectivity index (χ0) is 16.9. The third kappa shape index (κ3) is 3.65. The quantitative estimate of drug-likeness (QED) is 0.850.